The molecule has 0 aliphatic heterocycles. The first-order valence-electron chi connectivity index (χ1n) is 10.0. The fourth-order valence-electron chi connectivity index (χ4n) is 3.97. The maximum Gasteiger partial charge on any atom is 0.294 e. The molecule has 2 aromatic heterocycles. The van der Waals surface area contributed by atoms with Crippen LogP contribution in [0.15, 0.2) is 41.2 Å². The maximum absolute atomic E-state index is 12.8. The number of amides is 1. The van der Waals surface area contributed by atoms with Gasteiger partial charge in [-0.3, -0.25) is 9.59 Å². The average Bonchev–Trinajstić information content (AvgIpc) is 2.75. The summed E-state index contributed by atoms with van der Waals surface area (Å²) in [5.41, 5.74) is 0.134. The number of aromatic hydroxyl groups is 1. The molecular formula is C22H24N4O3. The second-order valence-corrected chi connectivity index (χ2v) is 7.66. The van der Waals surface area contributed by atoms with Crippen LogP contribution in [0.25, 0.3) is 22.4 Å². The lowest BCUT2D eigenvalue weighted by molar-refractivity contribution is 0.0911. The third-order valence-electron chi connectivity index (χ3n) is 5.67. The number of H-pyrrole nitrogens is 1. The SMILES string of the molecule is CC(NC(=O)c1nc(-c2ccc3ccccc3n2)[nH]c(=O)c1O)C1CCCCC1. The average molecular weight is 392 g/mol. The summed E-state index contributed by atoms with van der Waals surface area (Å²) in [4.78, 5) is 36.2. The molecule has 7 heteroatoms. The number of para-hydroxylation sites is 1. The van der Waals surface area contributed by atoms with Crippen molar-refractivity contribution in [1.82, 2.24) is 20.3 Å². The van der Waals surface area contributed by atoms with Crippen LogP contribution in [0.1, 0.15) is 49.5 Å². The van der Waals surface area contributed by atoms with Crippen LogP contribution in [0.2, 0.25) is 0 Å². The van der Waals surface area contributed by atoms with E-state index < -0.39 is 17.2 Å². The molecule has 150 valence electrons. The third kappa shape index (κ3) is 3.99. The number of rotatable bonds is 4. The van der Waals surface area contributed by atoms with Crippen LogP contribution in [0, 0.1) is 5.92 Å². The molecule has 1 amide bonds. The van der Waals surface area contributed by atoms with Crippen LogP contribution in [0.5, 0.6) is 5.75 Å². The Morgan fingerprint density at radius 3 is 2.69 bits per heavy atom. The van der Waals surface area contributed by atoms with Gasteiger partial charge in [-0.05, 0) is 37.8 Å². The van der Waals surface area contributed by atoms with Crippen molar-refractivity contribution in [3.8, 4) is 17.3 Å². The molecule has 1 unspecified atom stereocenters. The van der Waals surface area contributed by atoms with E-state index in [1.54, 1.807) is 6.07 Å². The Bertz CT molecular complexity index is 1100. The van der Waals surface area contributed by atoms with Gasteiger partial charge in [0.25, 0.3) is 11.5 Å². The number of fused-ring (bicyclic) bond motifs is 1. The Labute approximate surface area is 168 Å². The first-order chi connectivity index (χ1) is 14.0. The highest BCUT2D eigenvalue weighted by Gasteiger charge is 2.25. The minimum atomic E-state index is -0.763. The summed E-state index contributed by atoms with van der Waals surface area (Å²) in [5.74, 6) is -0.677. The number of hydrogen-bond acceptors (Lipinski definition) is 5. The highest BCUT2D eigenvalue weighted by atomic mass is 16.3. The van der Waals surface area contributed by atoms with Crippen molar-refractivity contribution in [2.24, 2.45) is 5.92 Å². The van der Waals surface area contributed by atoms with Gasteiger partial charge in [0.1, 0.15) is 5.69 Å². The number of carbonyl (C=O) groups excluding carboxylic acids is 1. The van der Waals surface area contributed by atoms with Crippen LogP contribution < -0.4 is 10.9 Å². The van der Waals surface area contributed by atoms with E-state index in [1.165, 1.54) is 6.42 Å². The predicted octanol–water partition coefficient (Wildman–Crippen LogP) is 3.39. The Morgan fingerprint density at radius 2 is 1.90 bits per heavy atom. The van der Waals surface area contributed by atoms with Crippen LogP contribution in [-0.2, 0) is 0 Å². The topological polar surface area (TPSA) is 108 Å². The van der Waals surface area contributed by atoms with Crippen LogP contribution in [0.4, 0.5) is 0 Å². The van der Waals surface area contributed by atoms with Crippen molar-refractivity contribution in [2.45, 2.75) is 45.1 Å². The summed E-state index contributed by atoms with van der Waals surface area (Å²) >= 11 is 0. The van der Waals surface area contributed by atoms with Gasteiger partial charge < -0.3 is 15.4 Å². The molecule has 1 aliphatic carbocycles. The van der Waals surface area contributed by atoms with Crippen LogP contribution in [0.3, 0.4) is 0 Å². The molecule has 29 heavy (non-hydrogen) atoms. The second-order valence-electron chi connectivity index (χ2n) is 7.66. The minimum absolute atomic E-state index is 0.0504. The van der Waals surface area contributed by atoms with Gasteiger partial charge >= 0.3 is 0 Å². The maximum atomic E-state index is 12.8. The fraction of sp³-hybridized carbons (Fsp3) is 0.364. The summed E-state index contributed by atoms with van der Waals surface area (Å²) in [7, 11) is 0. The second kappa shape index (κ2) is 8.03. The standard InChI is InChI=1S/C22H24N4O3/c1-13(14-7-3-2-4-8-14)23-21(28)18-19(27)22(29)26-20(25-18)17-12-11-15-9-5-6-10-16(15)24-17/h5-6,9-14,27H,2-4,7-8H2,1H3,(H,23,28)(H,25,26,29). The fourth-order valence-corrected chi connectivity index (χ4v) is 3.97. The molecular weight excluding hydrogens is 368 g/mol. The number of aromatic amines is 1. The van der Waals surface area contributed by atoms with Crippen molar-refractivity contribution >= 4 is 16.8 Å². The number of nitrogens with one attached hydrogen (secondary N) is 2. The van der Waals surface area contributed by atoms with Gasteiger partial charge in [0.15, 0.2) is 11.5 Å². The van der Waals surface area contributed by atoms with Crippen molar-refractivity contribution in [2.75, 3.05) is 0 Å². The molecule has 7 nitrogen and oxygen atoms in total. The van der Waals surface area contributed by atoms with E-state index in [4.69, 9.17) is 0 Å². The largest absolute Gasteiger partial charge is 0.501 e. The molecule has 3 aromatic rings. The smallest absolute Gasteiger partial charge is 0.294 e. The summed E-state index contributed by atoms with van der Waals surface area (Å²) < 4.78 is 0. The zero-order valence-electron chi connectivity index (χ0n) is 16.3. The van der Waals surface area contributed by atoms with Gasteiger partial charge in [0.2, 0.25) is 5.75 Å². The molecule has 1 aromatic carbocycles. The summed E-state index contributed by atoms with van der Waals surface area (Å²) in [6.07, 6.45) is 5.70. The third-order valence-corrected chi connectivity index (χ3v) is 5.67. The van der Waals surface area contributed by atoms with Crippen LogP contribution in [-0.4, -0.2) is 32.0 Å². The molecule has 0 bridgehead atoms. The molecule has 4 rings (SSSR count). The molecule has 0 radical (unpaired) electrons. The zero-order valence-corrected chi connectivity index (χ0v) is 16.3. The van der Waals surface area contributed by atoms with Crippen molar-refractivity contribution in [3.05, 3.63) is 52.4 Å². The monoisotopic (exact) mass is 392 g/mol. The number of aromatic nitrogens is 3. The summed E-state index contributed by atoms with van der Waals surface area (Å²) in [6, 6.07) is 11.1. The first kappa shape index (κ1) is 19.1. The molecule has 1 saturated carbocycles. The van der Waals surface area contributed by atoms with Crippen molar-refractivity contribution in [3.63, 3.8) is 0 Å². The molecule has 0 saturated heterocycles. The van der Waals surface area contributed by atoms with E-state index in [0.29, 0.717) is 11.6 Å². The molecule has 1 atom stereocenters. The van der Waals surface area contributed by atoms with E-state index in [9.17, 15) is 14.7 Å². The van der Waals surface area contributed by atoms with E-state index in [-0.39, 0.29) is 17.6 Å². The number of hydrogen-bond donors (Lipinski definition) is 3. The zero-order chi connectivity index (χ0) is 20.4. The van der Waals surface area contributed by atoms with Gasteiger partial charge in [-0.1, -0.05) is 43.5 Å². The van der Waals surface area contributed by atoms with Gasteiger partial charge in [0, 0.05) is 11.4 Å². The Balaban J connectivity index is 1.64. The van der Waals surface area contributed by atoms with Crippen molar-refractivity contribution in [1.29, 1.82) is 0 Å². The number of carbonyl (C=O) groups is 1. The number of nitrogens with zero attached hydrogens (tertiary/aromatic N) is 2. The number of pyridine rings is 1. The van der Waals surface area contributed by atoms with Gasteiger partial charge in [0.05, 0.1) is 5.52 Å². The lowest BCUT2D eigenvalue weighted by Gasteiger charge is -2.28. The quantitative estimate of drug-likeness (QED) is 0.631. The molecule has 1 aliphatic rings. The summed E-state index contributed by atoms with van der Waals surface area (Å²) in [5, 5.41) is 14.0. The highest BCUT2D eigenvalue weighted by molar-refractivity contribution is 5.95. The summed E-state index contributed by atoms with van der Waals surface area (Å²) in [6.45, 7) is 1.96. The minimum Gasteiger partial charge on any atom is -0.501 e. The first-order valence-corrected chi connectivity index (χ1v) is 10.0. The van der Waals surface area contributed by atoms with E-state index >= 15 is 0 Å². The predicted molar refractivity (Wildman–Crippen MR) is 111 cm³/mol. The van der Waals surface area contributed by atoms with Crippen molar-refractivity contribution < 1.29 is 9.90 Å². The van der Waals surface area contributed by atoms with Crippen LogP contribution >= 0.6 is 0 Å². The molecule has 1 fully saturated rings. The van der Waals surface area contributed by atoms with E-state index in [1.807, 2.05) is 37.3 Å². The Morgan fingerprint density at radius 1 is 1.14 bits per heavy atom. The molecule has 0 spiro atoms. The van der Waals surface area contributed by atoms with Gasteiger partial charge in [-0.2, -0.15) is 0 Å². The molecule has 3 N–H and O–H groups in total. The van der Waals surface area contributed by atoms with E-state index in [0.717, 1.165) is 36.6 Å². The lowest BCUT2D eigenvalue weighted by Crippen LogP contribution is -2.39. The number of benzene rings is 1. The van der Waals surface area contributed by atoms with Gasteiger partial charge in [-0.15, -0.1) is 0 Å². The molecule has 2 heterocycles. The lowest BCUT2D eigenvalue weighted by atomic mass is 9.84. The van der Waals surface area contributed by atoms with E-state index in [2.05, 4.69) is 20.3 Å². The highest BCUT2D eigenvalue weighted by Crippen LogP contribution is 2.26. The van der Waals surface area contributed by atoms with Gasteiger partial charge in [-0.25, -0.2) is 9.97 Å². The Kier molecular flexibility index (Phi) is 5.29. The Hall–Kier alpha value is -3.22. The normalized spacial score (nSPS) is 15.9.